The van der Waals surface area contributed by atoms with E-state index in [9.17, 15) is 4.79 Å². The number of halogens is 2. The molecule has 29 heavy (non-hydrogen) atoms. The molecule has 0 atom stereocenters. The zero-order valence-electron chi connectivity index (χ0n) is 15.5. The van der Waals surface area contributed by atoms with Crippen LogP contribution in [0.25, 0.3) is 33.4 Å². The van der Waals surface area contributed by atoms with Crippen molar-refractivity contribution < 1.29 is 4.42 Å². The van der Waals surface area contributed by atoms with Crippen LogP contribution in [0.3, 0.4) is 0 Å². The molecule has 0 spiro atoms. The smallest absolute Gasteiger partial charge is 0.275 e. The third-order valence-corrected chi connectivity index (χ3v) is 6.39. The van der Waals surface area contributed by atoms with E-state index >= 15 is 0 Å². The van der Waals surface area contributed by atoms with Gasteiger partial charge in [0.1, 0.15) is 16.1 Å². The lowest BCUT2D eigenvalue weighted by Crippen LogP contribution is -2.22. The molecule has 7 heteroatoms. The molecule has 144 valence electrons. The van der Waals surface area contributed by atoms with Crippen LogP contribution in [0.4, 0.5) is 0 Å². The lowest BCUT2D eigenvalue weighted by molar-refractivity contribution is 0.571. The number of aromatic nitrogens is 2. The van der Waals surface area contributed by atoms with Gasteiger partial charge in [0.05, 0.1) is 11.0 Å². The molecule has 0 aliphatic heterocycles. The summed E-state index contributed by atoms with van der Waals surface area (Å²) in [5, 5.41) is 1.07. The normalized spacial score (nSPS) is 12.5. The van der Waals surface area contributed by atoms with Crippen molar-refractivity contribution in [2.45, 2.75) is 13.8 Å². The summed E-state index contributed by atoms with van der Waals surface area (Å²) in [4.78, 5) is 18.3. The molecule has 0 fully saturated rings. The molecule has 0 N–H and O–H groups in total. The molecule has 3 heterocycles. The van der Waals surface area contributed by atoms with Gasteiger partial charge < -0.3 is 4.42 Å². The third-order valence-electron chi connectivity index (χ3n) is 4.98. The average molecular weight is 441 g/mol. The molecule has 0 saturated heterocycles. The molecule has 0 aliphatic rings. The zero-order valence-corrected chi connectivity index (χ0v) is 17.8. The Hall–Kier alpha value is -2.60. The van der Waals surface area contributed by atoms with Crippen molar-refractivity contribution in [1.82, 2.24) is 9.38 Å². The van der Waals surface area contributed by atoms with Crippen molar-refractivity contribution >= 4 is 56.6 Å². The molecule has 0 aliphatic carbocycles. The number of hydrogen-bond acceptors (Lipinski definition) is 4. The van der Waals surface area contributed by atoms with Gasteiger partial charge in [-0.15, -0.1) is 0 Å². The maximum atomic E-state index is 13.0. The molecule has 0 unspecified atom stereocenters. The van der Waals surface area contributed by atoms with Gasteiger partial charge in [0.15, 0.2) is 4.96 Å². The SMILES string of the molecule is Cc1ccc2c(nc3s/c(=C\c4ccc(-c5cc(Cl)cc(Cl)c5)o4)c(=O)n32)c1C. The van der Waals surface area contributed by atoms with E-state index in [1.165, 1.54) is 11.3 Å². The van der Waals surface area contributed by atoms with Gasteiger partial charge in [-0.05, 0) is 61.4 Å². The van der Waals surface area contributed by atoms with Crippen LogP contribution in [0.1, 0.15) is 16.9 Å². The van der Waals surface area contributed by atoms with Crippen molar-refractivity contribution in [1.29, 1.82) is 0 Å². The first-order valence-corrected chi connectivity index (χ1v) is 10.5. The Morgan fingerprint density at radius 2 is 1.83 bits per heavy atom. The Bertz CT molecular complexity index is 1510. The molecule has 0 bridgehead atoms. The number of benzene rings is 2. The molecular weight excluding hydrogens is 427 g/mol. The Labute approximate surface area is 179 Å². The summed E-state index contributed by atoms with van der Waals surface area (Å²) in [6.45, 7) is 4.07. The van der Waals surface area contributed by atoms with E-state index < -0.39 is 0 Å². The highest BCUT2D eigenvalue weighted by atomic mass is 35.5. The fourth-order valence-corrected chi connectivity index (χ4v) is 4.86. The molecule has 2 aromatic carbocycles. The van der Waals surface area contributed by atoms with Crippen LogP contribution in [0.5, 0.6) is 0 Å². The largest absolute Gasteiger partial charge is 0.457 e. The van der Waals surface area contributed by atoms with Crippen LogP contribution in [-0.4, -0.2) is 9.38 Å². The minimum atomic E-state index is -0.0977. The highest BCUT2D eigenvalue weighted by molar-refractivity contribution is 7.15. The van der Waals surface area contributed by atoms with E-state index in [2.05, 4.69) is 4.98 Å². The van der Waals surface area contributed by atoms with Crippen LogP contribution in [0.15, 0.2) is 51.7 Å². The van der Waals surface area contributed by atoms with E-state index in [0.29, 0.717) is 31.1 Å². The Morgan fingerprint density at radius 3 is 2.59 bits per heavy atom. The van der Waals surface area contributed by atoms with E-state index in [-0.39, 0.29) is 5.56 Å². The highest BCUT2D eigenvalue weighted by Crippen LogP contribution is 2.29. The van der Waals surface area contributed by atoms with Gasteiger partial charge in [-0.3, -0.25) is 4.79 Å². The van der Waals surface area contributed by atoms with Gasteiger partial charge in [-0.2, -0.15) is 0 Å². The van der Waals surface area contributed by atoms with Gasteiger partial charge in [0.2, 0.25) is 0 Å². The van der Waals surface area contributed by atoms with Gasteiger partial charge in [-0.25, -0.2) is 9.38 Å². The van der Waals surface area contributed by atoms with Crippen LogP contribution < -0.4 is 10.1 Å². The minimum absolute atomic E-state index is 0.0977. The topological polar surface area (TPSA) is 47.5 Å². The second-order valence-electron chi connectivity index (χ2n) is 6.88. The fourth-order valence-electron chi connectivity index (χ4n) is 3.38. The predicted octanol–water partition coefficient (Wildman–Crippen LogP) is 5.64. The van der Waals surface area contributed by atoms with Crippen molar-refractivity contribution in [3.05, 3.63) is 84.3 Å². The second kappa shape index (κ2) is 6.73. The second-order valence-corrected chi connectivity index (χ2v) is 8.76. The molecule has 5 rings (SSSR count). The first-order valence-electron chi connectivity index (χ1n) is 8.90. The van der Waals surface area contributed by atoms with Gasteiger partial charge in [0.25, 0.3) is 5.56 Å². The van der Waals surface area contributed by atoms with Crippen LogP contribution >= 0.6 is 34.5 Å². The van der Waals surface area contributed by atoms with Crippen LogP contribution in [-0.2, 0) is 0 Å². The lowest BCUT2D eigenvalue weighted by Gasteiger charge is -1.99. The van der Waals surface area contributed by atoms with E-state index in [1.54, 1.807) is 28.7 Å². The summed E-state index contributed by atoms with van der Waals surface area (Å²) in [5.41, 5.74) is 4.64. The van der Waals surface area contributed by atoms with Crippen molar-refractivity contribution in [3.63, 3.8) is 0 Å². The highest BCUT2D eigenvalue weighted by Gasteiger charge is 2.14. The third kappa shape index (κ3) is 3.06. The maximum absolute atomic E-state index is 13.0. The number of fused-ring (bicyclic) bond motifs is 3. The molecule has 3 aromatic heterocycles. The van der Waals surface area contributed by atoms with Crippen molar-refractivity contribution in [2.75, 3.05) is 0 Å². The van der Waals surface area contributed by atoms with Crippen molar-refractivity contribution in [2.24, 2.45) is 0 Å². The lowest BCUT2D eigenvalue weighted by atomic mass is 10.1. The molecule has 0 saturated carbocycles. The van der Waals surface area contributed by atoms with Gasteiger partial charge >= 0.3 is 0 Å². The van der Waals surface area contributed by atoms with E-state index in [0.717, 1.165) is 27.7 Å². The summed E-state index contributed by atoms with van der Waals surface area (Å²) in [7, 11) is 0. The number of furan rings is 1. The Balaban J connectivity index is 1.63. The Morgan fingerprint density at radius 1 is 1.07 bits per heavy atom. The first-order chi connectivity index (χ1) is 13.9. The zero-order chi connectivity index (χ0) is 20.3. The quantitative estimate of drug-likeness (QED) is 0.356. The Kier molecular flexibility index (Phi) is 4.28. The predicted molar refractivity (Wildman–Crippen MR) is 119 cm³/mol. The summed E-state index contributed by atoms with van der Waals surface area (Å²) in [6.07, 6.45) is 1.74. The molecular formula is C22H14Cl2N2O2S. The van der Waals surface area contributed by atoms with E-state index in [1.807, 2.05) is 38.1 Å². The average Bonchev–Trinajstić information content (AvgIpc) is 3.34. The number of imidazole rings is 1. The standard InChI is InChI=1S/C22H14Cl2N2O2S/c1-11-3-5-17-20(12(11)2)25-22-26(17)21(27)19(29-22)10-16-4-6-18(28-16)13-7-14(23)9-15(24)8-13/h3-10H,1-2H3/b19-10-. The summed E-state index contributed by atoms with van der Waals surface area (Å²) in [5.74, 6) is 1.21. The summed E-state index contributed by atoms with van der Waals surface area (Å²) in [6, 6.07) is 12.8. The van der Waals surface area contributed by atoms with Gasteiger partial charge in [-0.1, -0.05) is 40.6 Å². The molecule has 0 amide bonds. The van der Waals surface area contributed by atoms with Gasteiger partial charge in [0, 0.05) is 21.7 Å². The number of aryl methyl sites for hydroxylation is 2. The van der Waals surface area contributed by atoms with Crippen molar-refractivity contribution in [3.8, 4) is 11.3 Å². The number of hydrogen-bond donors (Lipinski definition) is 0. The fraction of sp³-hybridized carbons (Fsp3) is 0.0909. The number of thiazole rings is 1. The molecule has 0 radical (unpaired) electrons. The summed E-state index contributed by atoms with van der Waals surface area (Å²) >= 11 is 13.5. The maximum Gasteiger partial charge on any atom is 0.275 e. The van der Waals surface area contributed by atoms with Crippen LogP contribution in [0.2, 0.25) is 10.0 Å². The monoisotopic (exact) mass is 440 g/mol. The molecule has 5 aromatic rings. The first kappa shape index (κ1) is 18.4. The minimum Gasteiger partial charge on any atom is -0.457 e. The number of rotatable bonds is 2. The molecule has 4 nitrogen and oxygen atoms in total. The van der Waals surface area contributed by atoms with Crippen LogP contribution in [0, 0.1) is 13.8 Å². The summed E-state index contributed by atoms with van der Waals surface area (Å²) < 4.78 is 8.13. The number of nitrogens with zero attached hydrogens (tertiary/aromatic N) is 2. The van der Waals surface area contributed by atoms with E-state index in [4.69, 9.17) is 27.6 Å².